The minimum atomic E-state index is -0.916. The summed E-state index contributed by atoms with van der Waals surface area (Å²) in [6, 6.07) is 0. The van der Waals surface area contributed by atoms with Crippen molar-refractivity contribution < 1.29 is 38.9 Å². The number of carbonyl (C=O) groups excluding carboxylic acids is 2. The number of carboxylic acids is 2. The lowest BCUT2D eigenvalue weighted by molar-refractivity contribution is -0.167. The zero-order valence-electron chi connectivity index (χ0n) is 13.1. The molecule has 0 amide bonds. The molecule has 0 spiro atoms. The van der Waals surface area contributed by atoms with E-state index in [1.807, 2.05) is 0 Å². The molecular weight excluding hydrogens is 312 g/mol. The number of hydrogen-bond acceptors (Lipinski definition) is 8. The molecule has 0 fully saturated rings. The van der Waals surface area contributed by atoms with Gasteiger partial charge in [-0.2, -0.15) is 0 Å². The minimum Gasteiger partial charge on any atom is -0.481 e. The summed E-state index contributed by atoms with van der Waals surface area (Å²) in [6.45, 7) is -0.477. The third-order valence-electron chi connectivity index (χ3n) is 2.48. The van der Waals surface area contributed by atoms with Crippen LogP contribution in [-0.2, 0) is 28.7 Å². The summed E-state index contributed by atoms with van der Waals surface area (Å²) in [5, 5.41) is 16.8. The third-order valence-corrected chi connectivity index (χ3v) is 2.48. The Bertz CT molecular complexity index is 339. The molecule has 0 unspecified atom stereocenters. The van der Waals surface area contributed by atoms with Crippen LogP contribution in [0.3, 0.4) is 0 Å². The molecule has 10 nitrogen and oxygen atoms in total. The van der Waals surface area contributed by atoms with Crippen LogP contribution in [-0.4, -0.2) is 40.9 Å². The van der Waals surface area contributed by atoms with Crippen LogP contribution in [0.1, 0.15) is 51.4 Å². The molecule has 8 N–H and O–H groups in total. The Balaban J connectivity index is -0.00000200. The number of rotatable bonds is 12. The van der Waals surface area contributed by atoms with Crippen LogP contribution < -0.4 is 12.3 Å². The van der Waals surface area contributed by atoms with Crippen molar-refractivity contribution in [1.82, 2.24) is 12.3 Å². The number of carbonyl (C=O) groups is 4. The molecule has 0 aromatic heterocycles. The number of ether oxygens (including phenoxy) is 2. The highest BCUT2D eigenvalue weighted by molar-refractivity contribution is 5.71. The predicted molar refractivity (Wildman–Crippen MR) is 79.3 cm³/mol. The van der Waals surface area contributed by atoms with Gasteiger partial charge in [-0.15, -0.1) is 0 Å². The van der Waals surface area contributed by atoms with Gasteiger partial charge in [0.2, 0.25) is 6.79 Å². The summed E-state index contributed by atoms with van der Waals surface area (Å²) >= 11 is 0. The second-order valence-electron chi connectivity index (χ2n) is 4.35. The van der Waals surface area contributed by atoms with Crippen molar-refractivity contribution in [3.8, 4) is 0 Å². The van der Waals surface area contributed by atoms with Crippen molar-refractivity contribution in [1.29, 1.82) is 0 Å². The highest BCUT2D eigenvalue weighted by Gasteiger charge is 2.07. The fourth-order valence-electron chi connectivity index (χ4n) is 1.40. The van der Waals surface area contributed by atoms with Crippen molar-refractivity contribution in [2.24, 2.45) is 0 Å². The monoisotopic (exact) mass is 338 g/mol. The smallest absolute Gasteiger partial charge is 0.308 e. The van der Waals surface area contributed by atoms with Gasteiger partial charge >= 0.3 is 23.9 Å². The van der Waals surface area contributed by atoms with Crippen LogP contribution in [0, 0.1) is 0 Å². The normalized spacial score (nSPS) is 9.04. The standard InChI is InChI=1S/C13H20O8.2H3N/c14-10(15)5-1-3-7-12(18)20-9-21-13(19)8-4-2-6-11(16)17;;/h1-9H2,(H,14,15)(H,16,17);2*1H3. The van der Waals surface area contributed by atoms with Crippen LogP contribution in [0.4, 0.5) is 0 Å². The highest BCUT2D eigenvalue weighted by atomic mass is 16.7. The van der Waals surface area contributed by atoms with E-state index < -0.39 is 30.7 Å². The van der Waals surface area contributed by atoms with Crippen molar-refractivity contribution in [2.45, 2.75) is 51.4 Å². The van der Waals surface area contributed by atoms with Gasteiger partial charge in [0.25, 0.3) is 0 Å². The lowest BCUT2D eigenvalue weighted by atomic mass is 10.2. The van der Waals surface area contributed by atoms with E-state index in [9.17, 15) is 19.2 Å². The molecule has 0 bridgehead atoms. The van der Waals surface area contributed by atoms with Crippen molar-refractivity contribution in [3.05, 3.63) is 0 Å². The van der Waals surface area contributed by atoms with E-state index in [1.165, 1.54) is 0 Å². The SMILES string of the molecule is N.N.O=C(O)CCCCC(=O)OCOC(=O)CCCCC(=O)O. The molecular formula is C13H26N2O8. The van der Waals surface area contributed by atoms with Crippen LogP contribution in [0.5, 0.6) is 0 Å². The summed E-state index contributed by atoms with van der Waals surface area (Å²) in [4.78, 5) is 42.8. The zero-order valence-corrected chi connectivity index (χ0v) is 13.1. The lowest BCUT2D eigenvalue weighted by Gasteiger charge is -2.06. The van der Waals surface area contributed by atoms with Gasteiger partial charge < -0.3 is 32.0 Å². The third kappa shape index (κ3) is 19.8. The van der Waals surface area contributed by atoms with E-state index in [0.29, 0.717) is 25.7 Å². The largest absolute Gasteiger partial charge is 0.481 e. The maximum Gasteiger partial charge on any atom is 0.308 e. The Labute approximate surface area is 134 Å². The van der Waals surface area contributed by atoms with Crippen LogP contribution in [0.25, 0.3) is 0 Å². The fraction of sp³-hybridized carbons (Fsp3) is 0.692. The molecule has 0 aliphatic carbocycles. The maximum absolute atomic E-state index is 11.2. The van der Waals surface area contributed by atoms with E-state index >= 15 is 0 Å². The number of aliphatic carboxylic acids is 2. The molecule has 0 aromatic carbocycles. The van der Waals surface area contributed by atoms with Gasteiger partial charge in [0, 0.05) is 25.7 Å². The lowest BCUT2D eigenvalue weighted by Crippen LogP contribution is -2.12. The molecule has 0 rings (SSSR count). The first-order valence-electron chi connectivity index (χ1n) is 6.66. The second-order valence-corrected chi connectivity index (χ2v) is 4.35. The highest BCUT2D eigenvalue weighted by Crippen LogP contribution is 2.03. The summed E-state index contributed by atoms with van der Waals surface area (Å²) in [5.41, 5.74) is 0. The zero-order chi connectivity index (χ0) is 16.1. The van der Waals surface area contributed by atoms with Crippen LogP contribution >= 0.6 is 0 Å². The topological polar surface area (TPSA) is 197 Å². The predicted octanol–water partition coefficient (Wildman–Crippen LogP) is 1.64. The Hall–Kier alpha value is -2.20. The summed E-state index contributed by atoms with van der Waals surface area (Å²) in [6.07, 6.45) is 1.70. The molecule has 0 atom stereocenters. The van der Waals surface area contributed by atoms with Gasteiger partial charge in [0.15, 0.2) is 0 Å². The first-order chi connectivity index (χ1) is 9.91. The molecule has 0 aliphatic heterocycles. The average Bonchev–Trinajstić information content (AvgIpc) is 2.39. The fourth-order valence-corrected chi connectivity index (χ4v) is 1.40. The first-order valence-corrected chi connectivity index (χ1v) is 6.66. The molecule has 0 aromatic rings. The van der Waals surface area contributed by atoms with E-state index in [4.69, 9.17) is 10.2 Å². The van der Waals surface area contributed by atoms with Gasteiger partial charge in [0.05, 0.1) is 0 Å². The van der Waals surface area contributed by atoms with Crippen molar-refractivity contribution in [3.63, 3.8) is 0 Å². The summed E-state index contributed by atoms with van der Waals surface area (Å²) in [5.74, 6) is -2.95. The van der Waals surface area contributed by atoms with Gasteiger partial charge in [-0.05, 0) is 25.7 Å². The molecule has 0 saturated heterocycles. The molecule has 23 heavy (non-hydrogen) atoms. The molecule has 0 saturated carbocycles. The van der Waals surface area contributed by atoms with Crippen molar-refractivity contribution >= 4 is 23.9 Å². The van der Waals surface area contributed by atoms with Gasteiger partial charge in [-0.1, -0.05) is 0 Å². The van der Waals surface area contributed by atoms with E-state index in [0.717, 1.165) is 0 Å². The quantitative estimate of drug-likeness (QED) is 0.230. The maximum atomic E-state index is 11.2. The summed E-state index contributed by atoms with van der Waals surface area (Å²) < 4.78 is 9.28. The molecule has 136 valence electrons. The Morgan fingerprint density at radius 3 is 1.22 bits per heavy atom. The molecule has 0 radical (unpaired) electrons. The van der Waals surface area contributed by atoms with E-state index in [-0.39, 0.29) is 38.0 Å². The first kappa shape index (κ1) is 25.7. The Morgan fingerprint density at radius 1 is 0.609 bits per heavy atom. The van der Waals surface area contributed by atoms with E-state index in [2.05, 4.69) is 9.47 Å². The Morgan fingerprint density at radius 2 is 0.913 bits per heavy atom. The van der Waals surface area contributed by atoms with Crippen LogP contribution in [0.2, 0.25) is 0 Å². The second kappa shape index (κ2) is 16.2. The number of hydrogen-bond donors (Lipinski definition) is 4. The van der Waals surface area contributed by atoms with E-state index in [1.54, 1.807) is 0 Å². The van der Waals surface area contributed by atoms with Gasteiger partial charge in [-0.3, -0.25) is 19.2 Å². The molecule has 0 heterocycles. The molecule has 0 aliphatic rings. The average molecular weight is 338 g/mol. The summed E-state index contributed by atoms with van der Waals surface area (Å²) in [7, 11) is 0. The number of esters is 2. The van der Waals surface area contributed by atoms with Gasteiger partial charge in [0.1, 0.15) is 0 Å². The van der Waals surface area contributed by atoms with Crippen LogP contribution in [0.15, 0.2) is 0 Å². The minimum absolute atomic E-state index is 0. The number of carboxylic acid groups (broad SMARTS) is 2. The van der Waals surface area contributed by atoms with Gasteiger partial charge in [-0.25, -0.2) is 0 Å². The Kier molecular flexibility index (Phi) is 18.1. The van der Waals surface area contributed by atoms with Crippen molar-refractivity contribution in [2.75, 3.05) is 6.79 Å². The molecule has 10 heteroatoms. The number of unbranched alkanes of at least 4 members (excludes halogenated alkanes) is 2.